The Labute approximate surface area is 147 Å². The Bertz CT molecular complexity index is 691. The molecule has 0 N–H and O–H groups in total. The number of imide groups is 1. The average Bonchev–Trinajstić information content (AvgIpc) is 2.84. The number of hydrogen-bond acceptors (Lipinski definition) is 4. The predicted molar refractivity (Wildman–Crippen MR) is 100 cm³/mol. The number of hydrogen-bond donors (Lipinski definition) is 0. The molecule has 0 unspecified atom stereocenters. The van der Waals surface area contributed by atoms with Gasteiger partial charge in [-0.1, -0.05) is 6.07 Å². The standard InChI is InChI=1S/C19H24N2O2S/c1-13(2)21-18(22)17(24-19(21)23)12-15-7-8-16(11-14(15)3)20-9-5-4-6-10-20/h7-8,11-13H,4-6,9-10H2,1-3H3. The predicted octanol–water partition coefficient (Wildman–Crippen LogP) is 4.43. The molecule has 2 amide bonds. The van der Waals surface area contributed by atoms with Crippen molar-refractivity contribution in [3.05, 3.63) is 34.2 Å². The van der Waals surface area contributed by atoms with E-state index in [9.17, 15) is 9.59 Å². The SMILES string of the molecule is Cc1cc(N2CCCCC2)ccc1C=C1SC(=O)N(C(C)C)C1=O. The van der Waals surface area contributed by atoms with Crippen molar-refractivity contribution in [2.24, 2.45) is 0 Å². The molecular formula is C19H24N2O2S. The molecule has 2 heterocycles. The minimum Gasteiger partial charge on any atom is -0.372 e. The van der Waals surface area contributed by atoms with Crippen molar-refractivity contribution in [3.8, 4) is 0 Å². The number of benzene rings is 1. The number of piperidine rings is 1. The number of thioether (sulfide) groups is 1. The van der Waals surface area contributed by atoms with E-state index < -0.39 is 0 Å². The first-order valence-corrected chi connectivity index (χ1v) is 9.41. The smallest absolute Gasteiger partial charge is 0.293 e. The zero-order chi connectivity index (χ0) is 17.3. The molecule has 0 atom stereocenters. The highest BCUT2D eigenvalue weighted by Crippen LogP contribution is 2.34. The summed E-state index contributed by atoms with van der Waals surface area (Å²) in [6.45, 7) is 8.01. The van der Waals surface area contributed by atoms with Gasteiger partial charge in [0, 0.05) is 24.8 Å². The summed E-state index contributed by atoms with van der Waals surface area (Å²) in [6.07, 6.45) is 5.67. The van der Waals surface area contributed by atoms with Gasteiger partial charge in [-0.3, -0.25) is 14.5 Å². The third kappa shape index (κ3) is 3.36. The molecule has 2 aliphatic rings. The summed E-state index contributed by atoms with van der Waals surface area (Å²) in [5.74, 6) is -0.181. The lowest BCUT2D eigenvalue weighted by Gasteiger charge is -2.29. The fraction of sp³-hybridized carbons (Fsp3) is 0.474. The van der Waals surface area contributed by atoms with Gasteiger partial charge in [0.1, 0.15) is 0 Å². The lowest BCUT2D eigenvalue weighted by Crippen LogP contribution is -2.34. The second-order valence-electron chi connectivity index (χ2n) is 6.73. The van der Waals surface area contributed by atoms with Crippen LogP contribution in [0.15, 0.2) is 23.1 Å². The van der Waals surface area contributed by atoms with E-state index in [-0.39, 0.29) is 17.2 Å². The average molecular weight is 344 g/mol. The molecule has 2 saturated heterocycles. The maximum Gasteiger partial charge on any atom is 0.293 e. The number of amides is 2. The van der Waals surface area contributed by atoms with Crippen molar-refractivity contribution < 1.29 is 9.59 Å². The summed E-state index contributed by atoms with van der Waals surface area (Å²) < 4.78 is 0. The van der Waals surface area contributed by atoms with Crippen LogP contribution in [0.2, 0.25) is 0 Å². The lowest BCUT2D eigenvalue weighted by molar-refractivity contribution is -0.123. The van der Waals surface area contributed by atoms with Crippen LogP contribution in [0.3, 0.4) is 0 Å². The van der Waals surface area contributed by atoms with E-state index in [4.69, 9.17) is 0 Å². The number of carbonyl (C=O) groups excluding carboxylic acids is 2. The van der Waals surface area contributed by atoms with Crippen LogP contribution in [-0.2, 0) is 4.79 Å². The summed E-state index contributed by atoms with van der Waals surface area (Å²) in [5.41, 5.74) is 3.39. The maximum absolute atomic E-state index is 12.4. The Balaban J connectivity index is 1.83. The van der Waals surface area contributed by atoms with E-state index in [1.165, 1.54) is 29.8 Å². The third-order valence-electron chi connectivity index (χ3n) is 4.60. The third-order valence-corrected chi connectivity index (χ3v) is 5.48. The largest absolute Gasteiger partial charge is 0.372 e. The second-order valence-corrected chi connectivity index (χ2v) is 7.73. The first-order chi connectivity index (χ1) is 11.5. The van der Waals surface area contributed by atoms with Gasteiger partial charge in [-0.05, 0) is 81.1 Å². The summed E-state index contributed by atoms with van der Waals surface area (Å²) in [7, 11) is 0. The van der Waals surface area contributed by atoms with Crippen LogP contribution in [0, 0.1) is 6.92 Å². The molecule has 0 saturated carbocycles. The topological polar surface area (TPSA) is 40.6 Å². The van der Waals surface area contributed by atoms with Crippen LogP contribution in [0.25, 0.3) is 6.08 Å². The molecule has 3 rings (SSSR count). The summed E-state index contributed by atoms with van der Waals surface area (Å²) in [5, 5.41) is -0.177. The normalized spacial score (nSPS) is 20.6. The Kier molecular flexibility index (Phi) is 4.99. The molecule has 2 fully saturated rings. The number of carbonyl (C=O) groups is 2. The summed E-state index contributed by atoms with van der Waals surface area (Å²) >= 11 is 1.03. The van der Waals surface area contributed by atoms with Gasteiger partial charge in [-0.2, -0.15) is 0 Å². The summed E-state index contributed by atoms with van der Waals surface area (Å²) in [4.78, 5) is 28.7. The van der Waals surface area contributed by atoms with E-state index in [2.05, 4.69) is 30.0 Å². The lowest BCUT2D eigenvalue weighted by atomic mass is 10.0. The van der Waals surface area contributed by atoms with Gasteiger partial charge in [-0.25, -0.2) is 0 Å². The van der Waals surface area contributed by atoms with E-state index >= 15 is 0 Å². The Morgan fingerprint density at radius 3 is 2.42 bits per heavy atom. The first-order valence-electron chi connectivity index (χ1n) is 8.60. The molecular weight excluding hydrogens is 320 g/mol. The van der Waals surface area contributed by atoms with Gasteiger partial charge in [0.05, 0.1) is 4.91 Å². The zero-order valence-corrected chi connectivity index (χ0v) is 15.4. The Morgan fingerprint density at radius 1 is 1.12 bits per heavy atom. The van der Waals surface area contributed by atoms with E-state index in [0.717, 1.165) is 36.0 Å². The monoisotopic (exact) mass is 344 g/mol. The molecule has 1 aromatic carbocycles. The zero-order valence-electron chi connectivity index (χ0n) is 14.5. The van der Waals surface area contributed by atoms with E-state index in [1.807, 2.05) is 19.9 Å². The quantitative estimate of drug-likeness (QED) is 0.761. The van der Waals surface area contributed by atoms with E-state index in [1.54, 1.807) is 0 Å². The highest BCUT2D eigenvalue weighted by Gasteiger charge is 2.36. The molecule has 128 valence electrons. The van der Waals surface area contributed by atoms with Crippen molar-refractivity contribution in [3.63, 3.8) is 0 Å². The Hall–Kier alpha value is -1.75. The van der Waals surface area contributed by atoms with Crippen molar-refractivity contribution in [2.75, 3.05) is 18.0 Å². The summed E-state index contributed by atoms with van der Waals surface area (Å²) in [6, 6.07) is 6.26. The van der Waals surface area contributed by atoms with Crippen molar-refractivity contribution in [2.45, 2.75) is 46.1 Å². The van der Waals surface area contributed by atoms with Crippen LogP contribution in [-0.4, -0.2) is 35.2 Å². The number of nitrogens with zero attached hydrogens (tertiary/aromatic N) is 2. The highest BCUT2D eigenvalue weighted by atomic mass is 32.2. The number of anilines is 1. The van der Waals surface area contributed by atoms with Crippen LogP contribution >= 0.6 is 11.8 Å². The molecule has 0 radical (unpaired) electrons. The van der Waals surface area contributed by atoms with Gasteiger partial charge in [-0.15, -0.1) is 0 Å². The van der Waals surface area contributed by atoms with Crippen molar-refractivity contribution >= 4 is 34.7 Å². The highest BCUT2D eigenvalue weighted by molar-refractivity contribution is 8.18. The van der Waals surface area contributed by atoms with Gasteiger partial charge < -0.3 is 4.90 Å². The van der Waals surface area contributed by atoms with Crippen LogP contribution < -0.4 is 4.90 Å². The fourth-order valence-corrected chi connectivity index (χ4v) is 4.19. The second kappa shape index (κ2) is 7.01. The molecule has 0 bridgehead atoms. The molecule has 24 heavy (non-hydrogen) atoms. The van der Waals surface area contributed by atoms with Crippen LogP contribution in [0.5, 0.6) is 0 Å². The molecule has 0 aliphatic carbocycles. The van der Waals surface area contributed by atoms with Gasteiger partial charge in [0.25, 0.3) is 11.1 Å². The first kappa shape index (κ1) is 17.1. The Morgan fingerprint density at radius 2 is 1.83 bits per heavy atom. The van der Waals surface area contributed by atoms with Crippen molar-refractivity contribution in [1.82, 2.24) is 4.90 Å². The van der Waals surface area contributed by atoms with Crippen molar-refractivity contribution in [1.29, 1.82) is 0 Å². The maximum atomic E-state index is 12.4. The molecule has 0 spiro atoms. The molecule has 5 heteroatoms. The van der Waals surface area contributed by atoms with E-state index in [0.29, 0.717) is 4.91 Å². The van der Waals surface area contributed by atoms with Gasteiger partial charge in [0.2, 0.25) is 0 Å². The molecule has 4 nitrogen and oxygen atoms in total. The number of aryl methyl sites for hydroxylation is 1. The van der Waals surface area contributed by atoms with Gasteiger partial charge >= 0.3 is 0 Å². The fourth-order valence-electron chi connectivity index (χ4n) is 3.24. The van der Waals surface area contributed by atoms with Gasteiger partial charge in [0.15, 0.2) is 0 Å². The molecule has 1 aromatic rings. The minimum absolute atomic E-state index is 0.106. The number of rotatable bonds is 3. The van der Waals surface area contributed by atoms with Crippen LogP contribution in [0.1, 0.15) is 44.2 Å². The van der Waals surface area contributed by atoms with Crippen LogP contribution in [0.4, 0.5) is 10.5 Å². The molecule has 0 aromatic heterocycles. The molecule has 2 aliphatic heterocycles. The minimum atomic E-state index is -0.181.